The highest BCUT2D eigenvalue weighted by molar-refractivity contribution is 5.94. The molecule has 0 saturated heterocycles. The van der Waals surface area contributed by atoms with Crippen LogP contribution in [0, 0.1) is 5.82 Å². The fourth-order valence-electron chi connectivity index (χ4n) is 1.45. The van der Waals surface area contributed by atoms with Gasteiger partial charge in [0.1, 0.15) is 5.82 Å². The van der Waals surface area contributed by atoms with Gasteiger partial charge in [-0.05, 0) is 19.1 Å². The lowest BCUT2D eigenvalue weighted by atomic mass is 10.2. The number of aliphatic carboxylic acids is 1. The number of benzene rings is 1. The van der Waals surface area contributed by atoms with Crippen molar-refractivity contribution in [2.75, 3.05) is 11.9 Å². The van der Waals surface area contributed by atoms with Crippen molar-refractivity contribution in [3.05, 3.63) is 30.1 Å². The molecule has 1 aromatic carbocycles. The standard InChI is InChI=1S/C12H15FN2O4/c1-7(16)10(11(17)18)14-12(19)15(2)9-6-4-3-5-8(9)13/h3-7,10,16H,1-2H3,(H,14,19)(H,17,18). The number of anilines is 1. The summed E-state index contributed by atoms with van der Waals surface area (Å²) < 4.78 is 13.5. The molecule has 0 spiro atoms. The van der Waals surface area contributed by atoms with Crippen LogP contribution in [0.4, 0.5) is 14.9 Å². The van der Waals surface area contributed by atoms with Gasteiger partial charge in [0.15, 0.2) is 6.04 Å². The fraction of sp³-hybridized carbons (Fsp3) is 0.333. The molecule has 2 amide bonds. The van der Waals surface area contributed by atoms with Crippen LogP contribution in [-0.2, 0) is 4.79 Å². The van der Waals surface area contributed by atoms with Crippen LogP contribution in [0.25, 0.3) is 0 Å². The number of amides is 2. The zero-order chi connectivity index (χ0) is 14.6. The first-order valence-corrected chi connectivity index (χ1v) is 5.54. The van der Waals surface area contributed by atoms with Crippen LogP contribution >= 0.6 is 0 Å². The summed E-state index contributed by atoms with van der Waals surface area (Å²) in [5.41, 5.74) is 0.00901. The van der Waals surface area contributed by atoms with Crippen LogP contribution in [0.1, 0.15) is 6.92 Å². The zero-order valence-corrected chi connectivity index (χ0v) is 10.5. The van der Waals surface area contributed by atoms with Crippen molar-refractivity contribution in [1.29, 1.82) is 0 Å². The Morgan fingerprint density at radius 2 is 1.95 bits per heavy atom. The molecule has 0 aliphatic rings. The number of para-hydroxylation sites is 1. The topological polar surface area (TPSA) is 89.9 Å². The Morgan fingerprint density at radius 3 is 2.42 bits per heavy atom. The number of carbonyl (C=O) groups excluding carboxylic acids is 1. The number of aliphatic hydroxyl groups is 1. The molecule has 3 N–H and O–H groups in total. The molecule has 1 rings (SSSR count). The van der Waals surface area contributed by atoms with Crippen molar-refractivity contribution in [3.8, 4) is 0 Å². The third kappa shape index (κ3) is 3.65. The van der Waals surface area contributed by atoms with E-state index in [2.05, 4.69) is 5.32 Å². The largest absolute Gasteiger partial charge is 0.480 e. The number of hydrogen-bond acceptors (Lipinski definition) is 3. The molecule has 0 heterocycles. The molecule has 0 aromatic heterocycles. The van der Waals surface area contributed by atoms with Crippen LogP contribution in [0.2, 0.25) is 0 Å². The summed E-state index contributed by atoms with van der Waals surface area (Å²) in [5.74, 6) is -1.98. The summed E-state index contributed by atoms with van der Waals surface area (Å²) in [7, 11) is 1.30. The highest BCUT2D eigenvalue weighted by atomic mass is 19.1. The van der Waals surface area contributed by atoms with E-state index in [4.69, 9.17) is 5.11 Å². The Morgan fingerprint density at radius 1 is 1.37 bits per heavy atom. The molecule has 7 heteroatoms. The Bertz CT molecular complexity index is 479. The molecule has 0 saturated carbocycles. The first-order chi connectivity index (χ1) is 8.84. The monoisotopic (exact) mass is 270 g/mol. The van der Waals surface area contributed by atoms with Gasteiger partial charge in [0.2, 0.25) is 0 Å². The molecule has 2 atom stereocenters. The third-order valence-corrected chi connectivity index (χ3v) is 2.55. The van der Waals surface area contributed by atoms with Crippen molar-refractivity contribution in [2.24, 2.45) is 0 Å². The molecule has 1 aromatic rings. The SMILES string of the molecule is CC(O)C(NC(=O)N(C)c1ccccc1F)C(=O)O. The molecule has 104 valence electrons. The summed E-state index contributed by atoms with van der Waals surface area (Å²) >= 11 is 0. The van der Waals surface area contributed by atoms with E-state index in [1.165, 1.54) is 32.2 Å². The number of nitrogens with zero attached hydrogens (tertiary/aromatic N) is 1. The quantitative estimate of drug-likeness (QED) is 0.755. The molecule has 19 heavy (non-hydrogen) atoms. The van der Waals surface area contributed by atoms with Gasteiger partial charge in [-0.2, -0.15) is 0 Å². The van der Waals surface area contributed by atoms with Crippen LogP contribution < -0.4 is 10.2 Å². The highest BCUT2D eigenvalue weighted by Crippen LogP contribution is 2.17. The van der Waals surface area contributed by atoms with Gasteiger partial charge in [0.05, 0.1) is 11.8 Å². The summed E-state index contributed by atoms with van der Waals surface area (Å²) in [5, 5.41) is 20.2. The first kappa shape index (κ1) is 14.9. The third-order valence-electron chi connectivity index (χ3n) is 2.55. The number of nitrogens with one attached hydrogen (secondary N) is 1. The van der Waals surface area contributed by atoms with Gasteiger partial charge in [-0.15, -0.1) is 0 Å². The van der Waals surface area contributed by atoms with Gasteiger partial charge in [0, 0.05) is 7.05 Å². The lowest BCUT2D eigenvalue weighted by Gasteiger charge is -2.23. The maximum absolute atomic E-state index is 13.5. The van der Waals surface area contributed by atoms with Crippen LogP contribution in [0.5, 0.6) is 0 Å². The van der Waals surface area contributed by atoms with E-state index < -0.39 is 30.0 Å². The van der Waals surface area contributed by atoms with Gasteiger partial charge >= 0.3 is 12.0 Å². The number of carboxylic acids is 1. The smallest absolute Gasteiger partial charge is 0.328 e. The van der Waals surface area contributed by atoms with Gasteiger partial charge in [-0.1, -0.05) is 12.1 Å². The summed E-state index contributed by atoms with van der Waals surface area (Å²) in [6.45, 7) is 1.24. The molecular weight excluding hydrogens is 255 g/mol. The Kier molecular flexibility index (Phi) is 4.82. The van der Waals surface area contributed by atoms with Gasteiger partial charge in [-0.25, -0.2) is 14.0 Å². The number of aliphatic hydroxyl groups excluding tert-OH is 1. The van der Waals surface area contributed by atoms with Crippen LogP contribution in [0.3, 0.4) is 0 Å². The zero-order valence-electron chi connectivity index (χ0n) is 10.5. The molecule has 6 nitrogen and oxygen atoms in total. The van der Waals surface area contributed by atoms with E-state index in [0.29, 0.717) is 0 Å². The van der Waals surface area contributed by atoms with Crippen molar-refractivity contribution in [2.45, 2.75) is 19.1 Å². The summed E-state index contributed by atoms with van der Waals surface area (Å²) in [6, 6.07) is 3.31. The Labute approximate surface area is 109 Å². The molecule has 0 bridgehead atoms. The minimum absolute atomic E-state index is 0.00901. The Hall–Kier alpha value is -2.15. The number of carboxylic acid groups (broad SMARTS) is 1. The molecular formula is C12H15FN2O4. The van der Waals surface area contributed by atoms with E-state index in [0.717, 1.165) is 4.90 Å². The molecule has 0 aliphatic carbocycles. The lowest BCUT2D eigenvalue weighted by molar-refractivity contribution is -0.141. The molecule has 0 radical (unpaired) electrons. The number of carbonyl (C=O) groups is 2. The number of rotatable bonds is 4. The van der Waals surface area contributed by atoms with E-state index in [1.807, 2.05) is 0 Å². The van der Waals surface area contributed by atoms with E-state index in [1.54, 1.807) is 6.07 Å². The Balaban J connectivity index is 2.83. The lowest BCUT2D eigenvalue weighted by Crippen LogP contribution is -2.51. The van der Waals surface area contributed by atoms with Crippen molar-refractivity contribution in [3.63, 3.8) is 0 Å². The number of halogens is 1. The van der Waals surface area contributed by atoms with E-state index in [9.17, 15) is 19.1 Å². The minimum Gasteiger partial charge on any atom is -0.480 e. The normalized spacial score (nSPS) is 13.5. The maximum atomic E-state index is 13.5. The fourth-order valence-corrected chi connectivity index (χ4v) is 1.45. The predicted octanol–water partition coefficient (Wildman–Crippen LogP) is 0.805. The summed E-state index contributed by atoms with van der Waals surface area (Å²) in [4.78, 5) is 23.6. The first-order valence-electron chi connectivity index (χ1n) is 5.54. The second kappa shape index (κ2) is 6.14. The molecule has 0 aliphatic heterocycles. The predicted molar refractivity (Wildman–Crippen MR) is 66.4 cm³/mol. The van der Waals surface area contributed by atoms with Gasteiger partial charge < -0.3 is 15.5 Å². The van der Waals surface area contributed by atoms with Crippen molar-refractivity contribution in [1.82, 2.24) is 5.32 Å². The second-order valence-electron chi connectivity index (χ2n) is 4.02. The van der Waals surface area contributed by atoms with Crippen molar-refractivity contribution < 1.29 is 24.2 Å². The second-order valence-corrected chi connectivity index (χ2v) is 4.02. The van der Waals surface area contributed by atoms with E-state index >= 15 is 0 Å². The van der Waals surface area contributed by atoms with Crippen LogP contribution in [-0.4, -0.2) is 41.4 Å². The average Bonchev–Trinajstić information content (AvgIpc) is 2.34. The average molecular weight is 270 g/mol. The van der Waals surface area contributed by atoms with Crippen molar-refractivity contribution >= 4 is 17.7 Å². The van der Waals surface area contributed by atoms with E-state index in [-0.39, 0.29) is 5.69 Å². The van der Waals surface area contributed by atoms with Gasteiger partial charge in [-0.3, -0.25) is 4.90 Å². The number of hydrogen-bond donors (Lipinski definition) is 3. The number of urea groups is 1. The van der Waals surface area contributed by atoms with Gasteiger partial charge in [0.25, 0.3) is 0 Å². The minimum atomic E-state index is -1.46. The highest BCUT2D eigenvalue weighted by Gasteiger charge is 2.27. The molecule has 2 unspecified atom stereocenters. The summed E-state index contributed by atoms with van der Waals surface area (Å²) in [6.07, 6.45) is -1.27. The maximum Gasteiger partial charge on any atom is 0.328 e. The van der Waals surface area contributed by atoms with Crippen LogP contribution in [0.15, 0.2) is 24.3 Å². The molecule has 0 fully saturated rings.